The highest BCUT2D eigenvalue weighted by atomic mass is 35.5. The number of carbonyl (C=O) groups is 2. The average Bonchev–Trinajstić information content (AvgIpc) is 2.50. The van der Waals surface area contributed by atoms with Gasteiger partial charge in [0.05, 0.1) is 0 Å². The smallest absolute Gasteiger partial charge is 0.262 e. The first-order valence-electron chi connectivity index (χ1n) is 7.16. The average molecular weight is 332 g/mol. The number of rotatable bonds is 5. The third-order valence-corrected chi connectivity index (χ3v) is 3.83. The minimum atomic E-state index is -0.275. The van der Waals surface area contributed by atoms with Crippen LogP contribution in [0, 0.1) is 20.8 Å². The van der Waals surface area contributed by atoms with Gasteiger partial charge in [0.15, 0.2) is 6.61 Å². The summed E-state index contributed by atoms with van der Waals surface area (Å²) in [5, 5.41) is 3.33. The number of hydrogen-bond donors (Lipinski definition) is 1. The number of anilines is 1. The Morgan fingerprint density at radius 3 is 2.35 bits per heavy atom. The summed E-state index contributed by atoms with van der Waals surface area (Å²) in [5.41, 5.74) is 3.80. The number of carbonyl (C=O) groups excluding carboxylic acids is 2. The summed E-state index contributed by atoms with van der Waals surface area (Å²) in [4.78, 5) is 22.8. The van der Waals surface area contributed by atoms with E-state index in [1.54, 1.807) is 24.3 Å². The Labute approximate surface area is 140 Å². The Balaban J connectivity index is 2.02. The Kier molecular flexibility index (Phi) is 5.40. The van der Waals surface area contributed by atoms with E-state index in [0.29, 0.717) is 22.0 Å². The van der Waals surface area contributed by atoms with Crippen molar-refractivity contribution in [3.05, 3.63) is 57.6 Å². The van der Waals surface area contributed by atoms with Gasteiger partial charge in [-0.2, -0.15) is 0 Å². The van der Waals surface area contributed by atoms with Crippen molar-refractivity contribution in [2.75, 3.05) is 11.9 Å². The predicted molar refractivity (Wildman–Crippen MR) is 91.6 cm³/mol. The molecule has 4 nitrogen and oxygen atoms in total. The van der Waals surface area contributed by atoms with E-state index in [0.717, 1.165) is 23.0 Å². The number of ether oxygens (including phenoxy) is 1. The lowest BCUT2D eigenvalue weighted by atomic mass is 10.1. The molecule has 2 aromatic rings. The van der Waals surface area contributed by atoms with Crippen molar-refractivity contribution in [1.82, 2.24) is 0 Å². The molecule has 0 saturated heterocycles. The number of hydrogen-bond acceptors (Lipinski definition) is 3. The number of nitrogens with one attached hydrogen (secondary N) is 1. The molecule has 0 aliphatic carbocycles. The molecule has 2 aromatic carbocycles. The molecule has 0 aliphatic rings. The molecule has 0 aromatic heterocycles. The standard InChI is InChI=1S/C18H18ClNO3/c1-11-4-5-15(8-16(11)19)20-17(22)10-23-18-12(2)6-14(9-21)7-13(18)3/h4-9H,10H2,1-3H3,(H,20,22). The second-order valence-electron chi connectivity index (χ2n) is 5.40. The van der Waals surface area contributed by atoms with Crippen molar-refractivity contribution in [3.8, 4) is 5.75 Å². The molecular formula is C18H18ClNO3. The van der Waals surface area contributed by atoms with E-state index in [4.69, 9.17) is 16.3 Å². The van der Waals surface area contributed by atoms with E-state index >= 15 is 0 Å². The molecule has 0 saturated carbocycles. The van der Waals surface area contributed by atoms with Crippen LogP contribution in [-0.2, 0) is 4.79 Å². The number of benzene rings is 2. The molecule has 1 N–H and O–H groups in total. The highest BCUT2D eigenvalue weighted by molar-refractivity contribution is 6.31. The van der Waals surface area contributed by atoms with Crippen LogP contribution < -0.4 is 10.1 Å². The maximum Gasteiger partial charge on any atom is 0.262 e. The third kappa shape index (κ3) is 4.33. The van der Waals surface area contributed by atoms with Gasteiger partial charge in [0, 0.05) is 16.3 Å². The second-order valence-corrected chi connectivity index (χ2v) is 5.81. The summed E-state index contributed by atoms with van der Waals surface area (Å²) in [6.45, 7) is 5.46. The van der Waals surface area contributed by atoms with Crippen LogP contribution in [-0.4, -0.2) is 18.8 Å². The van der Waals surface area contributed by atoms with Crippen LogP contribution in [0.25, 0.3) is 0 Å². The lowest BCUT2D eigenvalue weighted by Gasteiger charge is -2.13. The molecule has 0 radical (unpaired) electrons. The van der Waals surface area contributed by atoms with Gasteiger partial charge in [-0.3, -0.25) is 9.59 Å². The van der Waals surface area contributed by atoms with Crippen LogP contribution in [0.5, 0.6) is 5.75 Å². The number of aldehydes is 1. The van der Waals surface area contributed by atoms with E-state index in [-0.39, 0.29) is 12.5 Å². The van der Waals surface area contributed by atoms with Crippen molar-refractivity contribution in [2.24, 2.45) is 0 Å². The fourth-order valence-electron chi connectivity index (χ4n) is 2.28. The van der Waals surface area contributed by atoms with Gasteiger partial charge in [-0.15, -0.1) is 0 Å². The fourth-order valence-corrected chi connectivity index (χ4v) is 2.47. The second kappa shape index (κ2) is 7.29. The van der Waals surface area contributed by atoms with Gasteiger partial charge in [0.25, 0.3) is 5.91 Å². The van der Waals surface area contributed by atoms with Gasteiger partial charge in [-0.1, -0.05) is 17.7 Å². The molecule has 0 bridgehead atoms. The molecule has 120 valence electrons. The summed E-state index contributed by atoms with van der Waals surface area (Å²) in [7, 11) is 0. The fraction of sp³-hybridized carbons (Fsp3) is 0.222. The molecule has 1 amide bonds. The Hall–Kier alpha value is -2.33. The number of amides is 1. The van der Waals surface area contributed by atoms with Crippen LogP contribution in [0.4, 0.5) is 5.69 Å². The molecule has 23 heavy (non-hydrogen) atoms. The van der Waals surface area contributed by atoms with Crippen LogP contribution in [0.15, 0.2) is 30.3 Å². The van der Waals surface area contributed by atoms with E-state index in [1.165, 1.54) is 0 Å². The first-order chi connectivity index (χ1) is 10.9. The molecule has 2 rings (SSSR count). The van der Waals surface area contributed by atoms with Crippen LogP contribution >= 0.6 is 11.6 Å². The van der Waals surface area contributed by atoms with Gasteiger partial charge in [-0.25, -0.2) is 0 Å². The molecule has 5 heteroatoms. The van der Waals surface area contributed by atoms with Gasteiger partial charge in [-0.05, 0) is 61.7 Å². The quantitative estimate of drug-likeness (QED) is 0.839. The zero-order valence-corrected chi connectivity index (χ0v) is 14.0. The lowest BCUT2D eigenvalue weighted by Crippen LogP contribution is -2.20. The van der Waals surface area contributed by atoms with Crippen LogP contribution in [0.1, 0.15) is 27.0 Å². The minimum absolute atomic E-state index is 0.117. The molecular weight excluding hydrogens is 314 g/mol. The SMILES string of the molecule is Cc1ccc(NC(=O)COc2c(C)cc(C=O)cc2C)cc1Cl. The first kappa shape index (κ1) is 17.0. The molecule has 0 spiro atoms. The zero-order chi connectivity index (χ0) is 17.0. The Bertz CT molecular complexity index is 733. The predicted octanol–water partition coefficient (Wildman–Crippen LogP) is 4.10. The third-order valence-electron chi connectivity index (χ3n) is 3.42. The van der Waals surface area contributed by atoms with Gasteiger partial charge < -0.3 is 10.1 Å². The van der Waals surface area contributed by atoms with E-state index in [9.17, 15) is 9.59 Å². The van der Waals surface area contributed by atoms with Crippen molar-refractivity contribution < 1.29 is 14.3 Å². The first-order valence-corrected chi connectivity index (χ1v) is 7.53. The van der Waals surface area contributed by atoms with Gasteiger partial charge in [0.1, 0.15) is 12.0 Å². The summed E-state index contributed by atoms with van der Waals surface area (Å²) >= 11 is 6.03. The van der Waals surface area contributed by atoms with Gasteiger partial charge >= 0.3 is 0 Å². The summed E-state index contributed by atoms with van der Waals surface area (Å²) < 4.78 is 5.59. The largest absolute Gasteiger partial charge is 0.483 e. The lowest BCUT2D eigenvalue weighted by molar-refractivity contribution is -0.118. The van der Waals surface area contributed by atoms with Crippen LogP contribution in [0.3, 0.4) is 0 Å². The van der Waals surface area contributed by atoms with Crippen molar-refractivity contribution in [2.45, 2.75) is 20.8 Å². The number of aryl methyl sites for hydroxylation is 3. The van der Waals surface area contributed by atoms with E-state index in [1.807, 2.05) is 26.8 Å². The topological polar surface area (TPSA) is 55.4 Å². The Morgan fingerprint density at radius 1 is 1.13 bits per heavy atom. The molecule has 0 unspecified atom stereocenters. The highest BCUT2D eigenvalue weighted by Gasteiger charge is 2.10. The highest BCUT2D eigenvalue weighted by Crippen LogP contribution is 2.24. The molecule has 0 aliphatic heterocycles. The molecule has 0 atom stereocenters. The van der Waals surface area contributed by atoms with Crippen LogP contribution in [0.2, 0.25) is 5.02 Å². The summed E-state index contributed by atoms with van der Waals surface area (Å²) in [5.74, 6) is 0.343. The van der Waals surface area contributed by atoms with Crippen molar-refractivity contribution in [1.29, 1.82) is 0 Å². The zero-order valence-electron chi connectivity index (χ0n) is 13.3. The van der Waals surface area contributed by atoms with Gasteiger partial charge in [0.2, 0.25) is 0 Å². The maximum absolute atomic E-state index is 12.0. The Morgan fingerprint density at radius 2 is 1.78 bits per heavy atom. The normalized spacial score (nSPS) is 10.3. The monoisotopic (exact) mass is 331 g/mol. The molecule has 0 heterocycles. The van der Waals surface area contributed by atoms with Crippen molar-refractivity contribution >= 4 is 29.5 Å². The van der Waals surface area contributed by atoms with E-state index in [2.05, 4.69) is 5.32 Å². The summed E-state index contributed by atoms with van der Waals surface area (Å²) in [6.07, 6.45) is 0.789. The van der Waals surface area contributed by atoms with E-state index < -0.39 is 0 Å². The maximum atomic E-state index is 12.0. The number of halogens is 1. The summed E-state index contributed by atoms with van der Waals surface area (Å²) in [6, 6.07) is 8.78. The minimum Gasteiger partial charge on any atom is -0.483 e. The van der Waals surface area contributed by atoms with Crippen molar-refractivity contribution in [3.63, 3.8) is 0 Å². The molecule has 0 fully saturated rings.